The molecule has 0 saturated carbocycles. The summed E-state index contributed by atoms with van der Waals surface area (Å²) in [5.41, 5.74) is 3.42. The van der Waals surface area contributed by atoms with Gasteiger partial charge in [0.2, 0.25) is 11.7 Å². The van der Waals surface area contributed by atoms with E-state index < -0.39 is 0 Å². The third kappa shape index (κ3) is 4.25. The lowest BCUT2D eigenvalue weighted by molar-refractivity contribution is -0.115. The van der Waals surface area contributed by atoms with Crippen molar-refractivity contribution in [1.82, 2.24) is 10.3 Å². The summed E-state index contributed by atoms with van der Waals surface area (Å²) in [6.45, 7) is 4.27. The molecule has 0 radical (unpaired) electrons. The first-order valence-electron chi connectivity index (χ1n) is 8.00. The fourth-order valence-electron chi connectivity index (χ4n) is 2.45. The van der Waals surface area contributed by atoms with Gasteiger partial charge in [0.1, 0.15) is 0 Å². The molecular weight excluding hydrogens is 338 g/mol. The normalized spacial score (nSPS) is 10.9. The van der Waals surface area contributed by atoms with Crippen LogP contribution >= 0.6 is 11.6 Å². The number of hydrogen-bond donors (Lipinski definition) is 1. The third-order valence-electron chi connectivity index (χ3n) is 3.88. The van der Waals surface area contributed by atoms with Crippen LogP contribution in [0.4, 0.5) is 5.82 Å². The van der Waals surface area contributed by atoms with Crippen LogP contribution in [-0.2, 0) is 11.2 Å². The summed E-state index contributed by atoms with van der Waals surface area (Å²) in [5.74, 6) is 0.584. The zero-order chi connectivity index (χ0) is 17.8. The molecule has 0 aliphatic carbocycles. The first kappa shape index (κ1) is 17.2. The molecule has 0 spiro atoms. The maximum Gasteiger partial charge on any atom is 0.230 e. The molecule has 0 fully saturated rings. The molecule has 1 aromatic heterocycles. The predicted octanol–water partition coefficient (Wildman–Crippen LogP) is 4.69. The predicted molar refractivity (Wildman–Crippen MR) is 97.6 cm³/mol. The van der Waals surface area contributed by atoms with Gasteiger partial charge >= 0.3 is 0 Å². The van der Waals surface area contributed by atoms with Gasteiger partial charge in [0.15, 0.2) is 5.69 Å². The minimum absolute atomic E-state index is 0.178. The van der Waals surface area contributed by atoms with Crippen LogP contribution in [0, 0.1) is 0 Å². The molecule has 0 unspecified atom stereocenters. The highest BCUT2D eigenvalue weighted by Crippen LogP contribution is 2.25. The van der Waals surface area contributed by atoms with E-state index in [1.807, 2.05) is 24.3 Å². The van der Waals surface area contributed by atoms with Crippen molar-refractivity contribution >= 4 is 23.3 Å². The first-order chi connectivity index (χ1) is 12.0. The van der Waals surface area contributed by atoms with Gasteiger partial charge in [-0.25, -0.2) is 4.63 Å². The number of aromatic nitrogens is 2. The number of benzene rings is 2. The quantitative estimate of drug-likeness (QED) is 0.720. The first-order valence-corrected chi connectivity index (χ1v) is 8.38. The fraction of sp³-hybridized carbons (Fsp3) is 0.211. The van der Waals surface area contributed by atoms with Crippen LogP contribution in [0.15, 0.2) is 53.2 Å². The van der Waals surface area contributed by atoms with Gasteiger partial charge in [-0.2, -0.15) is 0 Å². The number of nitrogens with one attached hydrogen (secondary N) is 1. The lowest BCUT2D eigenvalue weighted by Crippen LogP contribution is -2.15. The van der Waals surface area contributed by atoms with E-state index in [1.165, 1.54) is 5.56 Å². The van der Waals surface area contributed by atoms with Gasteiger partial charge in [0.25, 0.3) is 0 Å². The van der Waals surface area contributed by atoms with Gasteiger partial charge in [-0.15, -0.1) is 0 Å². The lowest BCUT2D eigenvalue weighted by Gasteiger charge is -2.07. The summed E-state index contributed by atoms with van der Waals surface area (Å²) >= 11 is 5.89. The van der Waals surface area contributed by atoms with E-state index >= 15 is 0 Å². The summed E-state index contributed by atoms with van der Waals surface area (Å²) in [4.78, 5) is 12.3. The Kier molecular flexibility index (Phi) is 5.14. The monoisotopic (exact) mass is 355 g/mol. The number of amides is 1. The van der Waals surface area contributed by atoms with Crippen LogP contribution in [-0.4, -0.2) is 16.2 Å². The van der Waals surface area contributed by atoms with E-state index in [-0.39, 0.29) is 12.3 Å². The van der Waals surface area contributed by atoms with Gasteiger partial charge in [-0.1, -0.05) is 61.8 Å². The molecular formula is C19H18ClN3O2. The molecule has 0 bridgehead atoms. The van der Waals surface area contributed by atoms with E-state index in [1.54, 1.807) is 24.3 Å². The van der Waals surface area contributed by atoms with E-state index in [2.05, 4.69) is 29.5 Å². The Morgan fingerprint density at radius 2 is 1.76 bits per heavy atom. The van der Waals surface area contributed by atoms with Gasteiger partial charge in [-0.05, 0) is 39.5 Å². The molecule has 3 aromatic rings. The summed E-state index contributed by atoms with van der Waals surface area (Å²) in [6, 6.07) is 15.1. The Labute approximate surface area is 151 Å². The van der Waals surface area contributed by atoms with Crippen molar-refractivity contribution in [2.24, 2.45) is 0 Å². The Balaban J connectivity index is 1.69. The van der Waals surface area contributed by atoms with Gasteiger partial charge in [-0.3, -0.25) is 4.79 Å². The summed E-state index contributed by atoms with van der Waals surface area (Å²) < 4.78 is 4.78. The Morgan fingerprint density at radius 3 is 2.40 bits per heavy atom. The average Bonchev–Trinajstić information content (AvgIpc) is 3.04. The number of carbonyl (C=O) groups excluding carboxylic acids is 1. The molecule has 128 valence electrons. The fourth-order valence-corrected chi connectivity index (χ4v) is 2.58. The molecule has 1 N–H and O–H groups in total. The molecule has 5 nitrogen and oxygen atoms in total. The summed E-state index contributed by atoms with van der Waals surface area (Å²) in [5, 5.41) is 11.0. The zero-order valence-corrected chi connectivity index (χ0v) is 14.7. The molecule has 0 aliphatic rings. The second kappa shape index (κ2) is 7.49. The van der Waals surface area contributed by atoms with Crippen LogP contribution in [0.5, 0.6) is 0 Å². The number of nitrogens with zero attached hydrogens (tertiary/aromatic N) is 2. The summed E-state index contributed by atoms with van der Waals surface area (Å²) in [7, 11) is 0. The van der Waals surface area contributed by atoms with Crippen molar-refractivity contribution in [3.63, 3.8) is 0 Å². The van der Waals surface area contributed by atoms with Gasteiger partial charge in [0.05, 0.1) is 6.42 Å². The standard InChI is InChI=1S/C19H18ClN3O2/c1-12(2)14-5-3-13(4-6-14)11-17(24)21-19-18(22-25-23-19)15-7-9-16(20)10-8-15/h3-10,12H,11H2,1-2H3,(H,21,23,24). The zero-order valence-electron chi connectivity index (χ0n) is 14.0. The van der Waals surface area contributed by atoms with E-state index in [0.29, 0.717) is 22.5 Å². The number of anilines is 1. The molecule has 1 heterocycles. The van der Waals surface area contributed by atoms with Crippen molar-refractivity contribution in [2.75, 3.05) is 5.32 Å². The smallest absolute Gasteiger partial charge is 0.230 e. The van der Waals surface area contributed by atoms with Gasteiger partial charge < -0.3 is 5.32 Å². The SMILES string of the molecule is CC(C)c1ccc(CC(=O)Nc2nonc2-c2ccc(Cl)cc2)cc1. The van der Waals surface area contributed by atoms with Gasteiger partial charge in [0, 0.05) is 10.6 Å². The largest absolute Gasteiger partial charge is 0.306 e. The molecule has 25 heavy (non-hydrogen) atoms. The number of halogens is 1. The minimum Gasteiger partial charge on any atom is -0.306 e. The second-order valence-corrected chi connectivity index (χ2v) is 6.53. The number of rotatable bonds is 5. The van der Waals surface area contributed by atoms with Crippen molar-refractivity contribution in [3.05, 3.63) is 64.7 Å². The topological polar surface area (TPSA) is 68.0 Å². The van der Waals surface area contributed by atoms with Crippen LogP contribution in [0.1, 0.15) is 30.9 Å². The van der Waals surface area contributed by atoms with Crippen LogP contribution in [0.2, 0.25) is 5.02 Å². The highest BCUT2D eigenvalue weighted by atomic mass is 35.5. The number of carbonyl (C=O) groups is 1. The van der Waals surface area contributed by atoms with Crippen molar-refractivity contribution in [1.29, 1.82) is 0 Å². The van der Waals surface area contributed by atoms with Crippen LogP contribution in [0.3, 0.4) is 0 Å². The van der Waals surface area contributed by atoms with Crippen molar-refractivity contribution in [3.8, 4) is 11.3 Å². The van der Waals surface area contributed by atoms with E-state index in [9.17, 15) is 4.79 Å². The Hall–Kier alpha value is -2.66. The number of hydrogen-bond acceptors (Lipinski definition) is 4. The molecule has 0 atom stereocenters. The maximum atomic E-state index is 12.3. The molecule has 6 heteroatoms. The second-order valence-electron chi connectivity index (χ2n) is 6.09. The Morgan fingerprint density at radius 1 is 1.08 bits per heavy atom. The highest BCUT2D eigenvalue weighted by molar-refractivity contribution is 6.30. The summed E-state index contributed by atoms with van der Waals surface area (Å²) in [6.07, 6.45) is 0.255. The molecule has 0 aliphatic heterocycles. The Bertz CT molecular complexity index is 855. The van der Waals surface area contributed by atoms with E-state index in [4.69, 9.17) is 16.2 Å². The minimum atomic E-state index is -0.178. The van der Waals surface area contributed by atoms with E-state index in [0.717, 1.165) is 11.1 Å². The van der Waals surface area contributed by atoms with Crippen LogP contribution in [0.25, 0.3) is 11.3 Å². The third-order valence-corrected chi connectivity index (χ3v) is 4.13. The molecule has 2 aromatic carbocycles. The molecule has 3 rings (SSSR count). The molecule has 1 amide bonds. The average molecular weight is 356 g/mol. The van der Waals surface area contributed by atoms with Crippen molar-refractivity contribution < 1.29 is 9.42 Å². The maximum absolute atomic E-state index is 12.3. The lowest BCUT2D eigenvalue weighted by atomic mass is 10.0. The molecule has 0 saturated heterocycles. The van der Waals surface area contributed by atoms with Crippen molar-refractivity contribution in [2.45, 2.75) is 26.2 Å². The van der Waals surface area contributed by atoms with Crippen LogP contribution < -0.4 is 5.32 Å². The highest BCUT2D eigenvalue weighted by Gasteiger charge is 2.15.